The zero-order valence-electron chi connectivity index (χ0n) is 10.4. The Morgan fingerprint density at radius 1 is 1.06 bits per heavy atom. The molecule has 0 N–H and O–H groups in total. The highest BCUT2D eigenvalue weighted by Gasteiger charge is 2.39. The summed E-state index contributed by atoms with van der Waals surface area (Å²) in [5, 5.41) is 0. The third-order valence-electron chi connectivity index (χ3n) is 4.22. The Kier molecular flexibility index (Phi) is 2.32. The minimum absolute atomic E-state index is 0.168. The standard InChI is InChI=1S/C17H16/c1-3-17(4-2)15-11-7-5-9-13(15)14-10-6-8-12-16(14)17/h5,7-11H,3-4H2,1-2H3. The summed E-state index contributed by atoms with van der Waals surface area (Å²) in [7, 11) is 0. The van der Waals surface area contributed by atoms with Crippen molar-refractivity contribution < 1.29 is 0 Å². The number of rotatable bonds is 2. The average molecular weight is 220 g/mol. The van der Waals surface area contributed by atoms with E-state index in [9.17, 15) is 0 Å². The third-order valence-corrected chi connectivity index (χ3v) is 4.22. The Labute approximate surface area is 103 Å². The van der Waals surface area contributed by atoms with Gasteiger partial charge in [-0.2, -0.15) is 0 Å². The van der Waals surface area contributed by atoms with Gasteiger partial charge in [-0.15, -0.1) is 0 Å². The Morgan fingerprint density at radius 2 is 1.82 bits per heavy atom. The quantitative estimate of drug-likeness (QED) is 0.704. The van der Waals surface area contributed by atoms with Crippen LogP contribution in [0.15, 0.2) is 36.4 Å². The maximum absolute atomic E-state index is 3.43. The van der Waals surface area contributed by atoms with Gasteiger partial charge in [-0.3, -0.25) is 0 Å². The van der Waals surface area contributed by atoms with Crippen LogP contribution in [0.5, 0.6) is 0 Å². The van der Waals surface area contributed by atoms with Gasteiger partial charge in [0.1, 0.15) is 0 Å². The zero-order chi connectivity index (χ0) is 11.9. The topological polar surface area (TPSA) is 0 Å². The van der Waals surface area contributed by atoms with Crippen molar-refractivity contribution in [3.8, 4) is 11.1 Å². The van der Waals surface area contributed by atoms with Gasteiger partial charge in [-0.1, -0.05) is 38.1 Å². The smallest absolute Gasteiger partial charge is 0.0216 e. The Bertz CT molecular complexity index is 500. The van der Waals surface area contributed by atoms with Gasteiger partial charge in [0.15, 0.2) is 0 Å². The molecule has 0 heteroatoms. The van der Waals surface area contributed by atoms with Crippen molar-refractivity contribution in [3.63, 3.8) is 0 Å². The second-order valence-corrected chi connectivity index (χ2v) is 4.72. The first kappa shape index (κ1) is 10.6. The largest absolute Gasteiger partial charge is 0.0642 e. The van der Waals surface area contributed by atoms with Gasteiger partial charge >= 0.3 is 0 Å². The summed E-state index contributed by atoms with van der Waals surface area (Å²) < 4.78 is 0. The fourth-order valence-corrected chi connectivity index (χ4v) is 3.25. The third kappa shape index (κ3) is 1.24. The Hall–Kier alpha value is -1.56. The van der Waals surface area contributed by atoms with Crippen LogP contribution in [0.2, 0.25) is 0 Å². The predicted octanol–water partition coefficient (Wildman–Crippen LogP) is 4.37. The summed E-state index contributed by atoms with van der Waals surface area (Å²) in [6.07, 6.45) is 2.27. The van der Waals surface area contributed by atoms with E-state index >= 15 is 0 Å². The molecule has 1 aliphatic rings. The molecule has 0 aromatic heterocycles. The van der Waals surface area contributed by atoms with Gasteiger partial charge in [0.2, 0.25) is 0 Å². The molecule has 17 heavy (non-hydrogen) atoms. The summed E-state index contributed by atoms with van der Waals surface area (Å²) in [4.78, 5) is 0. The highest BCUT2D eigenvalue weighted by Crippen LogP contribution is 2.51. The molecule has 2 aromatic carbocycles. The van der Waals surface area contributed by atoms with Crippen LogP contribution in [0.25, 0.3) is 11.1 Å². The summed E-state index contributed by atoms with van der Waals surface area (Å²) in [5.41, 5.74) is 5.70. The van der Waals surface area contributed by atoms with E-state index < -0.39 is 0 Å². The van der Waals surface area contributed by atoms with E-state index in [1.165, 1.54) is 22.3 Å². The maximum Gasteiger partial charge on any atom is 0.0216 e. The van der Waals surface area contributed by atoms with Crippen molar-refractivity contribution in [3.05, 3.63) is 59.7 Å². The number of hydrogen-bond acceptors (Lipinski definition) is 0. The van der Waals surface area contributed by atoms with Gasteiger partial charge in [0.25, 0.3) is 0 Å². The Morgan fingerprint density at radius 3 is 2.59 bits per heavy atom. The van der Waals surface area contributed by atoms with Crippen LogP contribution in [-0.2, 0) is 5.41 Å². The van der Waals surface area contributed by atoms with E-state index in [0.29, 0.717) is 0 Å². The molecule has 0 atom stereocenters. The van der Waals surface area contributed by atoms with Crippen molar-refractivity contribution in [1.29, 1.82) is 0 Å². The average Bonchev–Trinajstić information content (AvgIpc) is 2.70. The van der Waals surface area contributed by atoms with Gasteiger partial charge in [-0.25, -0.2) is 0 Å². The van der Waals surface area contributed by atoms with E-state index in [4.69, 9.17) is 0 Å². The lowest BCUT2D eigenvalue weighted by molar-refractivity contribution is 0.490. The maximum atomic E-state index is 3.43. The molecule has 0 spiro atoms. The van der Waals surface area contributed by atoms with Gasteiger partial charge < -0.3 is 0 Å². The van der Waals surface area contributed by atoms with Crippen LogP contribution in [-0.4, -0.2) is 0 Å². The SMILES string of the molecule is CCC1(CC)c2[c]c[c]cc2-c2ccccc21. The highest BCUT2D eigenvalue weighted by atomic mass is 14.4. The van der Waals surface area contributed by atoms with Gasteiger partial charge in [-0.05, 0) is 59.4 Å². The first-order valence-electron chi connectivity index (χ1n) is 6.35. The molecular weight excluding hydrogens is 204 g/mol. The minimum atomic E-state index is 0.168. The summed E-state index contributed by atoms with van der Waals surface area (Å²) in [6, 6.07) is 19.4. The lowest BCUT2D eigenvalue weighted by atomic mass is 9.74. The lowest BCUT2D eigenvalue weighted by Gasteiger charge is -2.29. The van der Waals surface area contributed by atoms with E-state index in [0.717, 1.165) is 12.8 Å². The molecule has 84 valence electrons. The van der Waals surface area contributed by atoms with Gasteiger partial charge in [0, 0.05) is 5.41 Å². The van der Waals surface area contributed by atoms with E-state index in [1.54, 1.807) is 0 Å². The molecule has 2 aromatic rings. The van der Waals surface area contributed by atoms with Gasteiger partial charge in [0.05, 0.1) is 0 Å². The second-order valence-electron chi connectivity index (χ2n) is 4.72. The number of hydrogen-bond donors (Lipinski definition) is 0. The fraction of sp³-hybridized carbons (Fsp3) is 0.294. The molecule has 1 aliphatic carbocycles. The highest BCUT2D eigenvalue weighted by molar-refractivity contribution is 5.80. The molecule has 0 nitrogen and oxygen atoms in total. The van der Waals surface area contributed by atoms with Crippen LogP contribution in [0, 0.1) is 12.1 Å². The fourth-order valence-electron chi connectivity index (χ4n) is 3.25. The molecule has 0 fully saturated rings. The molecule has 0 aliphatic heterocycles. The van der Waals surface area contributed by atoms with E-state index in [2.05, 4.69) is 56.3 Å². The second kappa shape index (κ2) is 3.73. The van der Waals surface area contributed by atoms with Crippen LogP contribution in [0.3, 0.4) is 0 Å². The summed E-state index contributed by atoms with van der Waals surface area (Å²) >= 11 is 0. The Balaban J connectivity index is 2.38. The molecule has 3 rings (SSSR count). The van der Waals surface area contributed by atoms with Crippen molar-refractivity contribution in [2.75, 3.05) is 0 Å². The van der Waals surface area contributed by atoms with E-state index in [1.807, 2.05) is 6.07 Å². The predicted molar refractivity (Wildman–Crippen MR) is 70.9 cm³/mol. The molecule has 0 heterocycles. The monoisotopic (exact) mass is 220 g/mol. The molecular formula is C17H16. The minimum Gasteiger partial charge on any atom is -0.0642 e. The first-order chi connectivity index (χ1) is 8.33. The van der Waals surface area contributed by atoms with Crippen LogP contribution < -0.4 is 0 Å². The normalized spacial score (nSPS) is 15.4. The molecule has 0 saturated heterocycles. The molecule has 2 radical (unpaired) electrons. The van der Waals surface area contributed by atoms with Crippen molar-refractivity contribution >= 4 is 0 Å². The molecule has 0 bridgehead atoms. The van der Waals surface area contributed by atoms with Crippen molar-refractivity contribution in [2.24, 2.45) is 0 Å². The molecule has 0 amide bonds. The lowest BCUT2D eigenvalue weighted by Crippen LogP contribution is -2.22. The van der Waals surface area contributed by atoms with Crippen LogP contribution >= 0.6 is 0 Å². The number of benzene rings is 2. The molecule has 0 saturated carbocycles. The molecule has 0 unspecified atom stereocenters. The zero-order valence-corrected chi connectivity index (χ0v) is 10.4. The van der Waals surface area contributed by atoms with Crippen LogP contribution in [0.1, 0.15) is 37.8 Å². The number of fused-ring (bicyclic) bond motifs is 3. The summed E-state index contributed by atoms with van der Waals surface area (Å²) in [6.45, 7) is 4.56. The summed E-state index contributed by atoms with van der Waals surface area (Å²) in [5.74, 6) is 0. The van der Waals surface area contributed by atoms with Crippen LogP contribution in [0.4, 0.5) is 0 Å². The van der Waals surface area contributed by atoms with Crippen molar-refractivity contribution in [1.82, 2.24) is 0 Å². The van der Waals surface area contributed by atoms with Crippen molar-refractivity contribution in [2.45, 2.75) is 32.1 Å². The first-order valence-corrected chi connectivity index (χ1v) is 6.35. The van der Waals surface area contributed by atoms with E-state index in [-0.39, 0.29) is 5.41 Å².